The van der Waals surface area contributed by atoms with Crippen molar-refractivity contribution in [3.63, 3.8) is 0 Å². The Morgan fingerprint density at radius 1 is 1.20 bits per heavy atom. The summed E-state index contributed by atoms with van der Waals surface area (Å²) < 4.78 is 1.26. The summed E-state index contributed by atoms with van der Waals surface area (Å²) >= 11 is 10.1. The molecule has 1 unspecified atom stereocenters. The molecule has 0 amide bonds. The highest BCUT2D eigenvalue weighted by Crippen LogP contribution is 2.35. The van der Waals surface area contributed by atoms with Gasteiger partial charge in [-0.1, -0.05) is 35.9 Å². The fraction of sp³-hybridized carbons (Fsp3) is 0.250. The standard InChI is InChI=1S/C16H16ClNS2/c1-11(9-12-5-4-8-19-12)18-10-15-16(17)13-6-2-3-7-14(13)20-15/h2-8,11,18H,9-10H2,1H3. The van der Waals surface area contributed by atoms with Crippen LogP contribution in [0.5, 0.6) is 0 Å². The second-order valence-electron chi connectivity index (χ2n) is 4.90. The van der Waals surface area contributed by atoms with Crippen molar-refractivity contribution in [1.82, 2.24) is 5.32 Å². The molecule has 1 N–H and O–H groups in total. The third kappa shape index (κ3) is 3.07. The number of benzene rings is 1. The number of halogens is 1. The largest absolute Gasteiger partial charge is 0.309 e. The molecule has 0 bridgehead atoms. The van der Waals surface area contributed by atoms with E-state index in [2.05, 4.69) is 48.0 Å². The van der Waals surface area contributed by atoms with E-state index in [9.17, 15) is 0 Å². The Labute approximate surface area is 132 Å². The highest BCUT2D eigenvalue weighted by atomic mass is 35.5. The third-order valence-corrected chi connectivity index (χ3v) is 5.91. The Morgan fingerprint density at radius 3 is 2.80 bits per heavy atom. The van der Waals surface area contributed by atoms with Gasteiger partial charge in [0.25, 0.3) is 0 Å². The van der Waals surface area contributed by atoms with Crippen LogP contribution in [-0.2, 0) is 13.0 Å². The fourth-order valence-corrected chi connectivity index (χ4v) is 4.53. The first-order valence-corrected chi connectivity index (χ1v) is 8.73. The summed E-state index contributed by atoms with van der Waals surface area (Å²) in [6.07, 6.45) is 1.07. The lowest BCUT2D eigenvalue weighted by Crippen LogP contribution is -2.26. The lowest BCUT2D eigenvalue weighted by Gasteiger charge is -2.12. The van der Waals surface area contributed by atoms with Crippen LogP contribution in [0.4, 0.5) is 0 Å². The Morgan fingerprint density at radius 2 is 2.05 bits per heavy atom. The molecule has 1 nitrogen and oxygen atoms in total. The van der Waals surface area contributed by atoms with Crippen LogP contribution < -0.4 is 5.32 Å². The minimum atomic E-state index is 0.454. The Bertz CT molecular complexity index is 688. The topological polar surface area (TPSA) is 12.0 Å². The predicted molar refractivity (Wildman–Crippen MR) is 91.2 cm³/mol. The summed E-state index contributed by atoms with van der Waals surface area (Å²) in [4.78, 5) is 2.65. The van der Waals surface area contributed by atoms with E-state index in [-0.39, 0.29) is 0 Å². The molecule has 2 heterocycles. The third-order valence-electron chi connectivity index (χ3n) is 3.30. The summed E-state index contributed by atoms with van der Waals surface area (Å²) in [5.41, 5.74) is 0. The highest BCUT2D eigenvalue weighted by molar-refractivity contribution is 7.19. The molecule has 104 valence electrons. The molecule has 0 saturated heterocycles. The van der Waals surface area contributed by atoms with Gasteiger partial charge in [-0.25, -0.2) is 0 Å². The molecule has 0 fully saturated rings. The van der Waals surface area contributed by atoms with Gasteiger partial charge in [0.15, 0.2) is 0 Å². The van der Waals surface area contributed by atoms with Gasteiger partial charge in [0.1, 0.15) is 0 Å². The number of hydrogen-bond acceptors (Lipinski definition) is 3. The van der Waals surface area contributed by atoms with Crippen LogP contribution in [0.15, 0.2) is 41.8 Å². The minimum absolute atomic E-state index is 0.454. The monoisotopic (exact) mass is 321 g/mol. The quantitative estimate of drug-likeness (QED) is 0.669. The first-order chi connectivity index (χ1) is 9.74. The number of nitrogens with one attached hydrogen (secondary N) is 1. The van der Waals surface area contributed by atoms with Crippen molar-refractivity contribution in [2.24, 2.45) is 0 Å². The van der Waals surface area contributed by atoms with E-state index >= 15 is 0 Å². The average molecular weight is 322 g/mol. The molecule has 0 spiro atoms. The molecular formula is C16H16ClNS2. The predicted octanol–water partition coefficient (Wildman–Crippen LogP) is 5.34. The molecule has 0 saturated carbocycles. The maximum atomic E-state index is 6.46. The number of fused-ring (bicyclic) bond motifs is 1. The molecule has 0 radical (unpaired) electrons. The van der Waals surface area contributed by atoms with Crippen LogP contribution in [-0.4, -0.2) is 6.04 Å². The molecule has 4 heteroatoms. The minimum Gasteiger partial charge on any atom is -0.309 e. The van der Waals surface area contributed by atoms with Gasteiger partial charge in [0, 0.05) is 32.4 Å². The molecule has 1 atom stereocenters. The van der Waals surface area contributed by atoms with Gasteiger partial charge in [-0.05, 0) is 30.9 Å². The average Bonchev–Trinajstić information content (AvgIpc) is 3.06. The maximum absolute atomic E-state index is 6.46. The van der Waals surface area contributed by atoms with Crippen LogP contribution >= 0.6 is 34.3 Å². The van der Waals surface area contributed by atoms with E-state index in [4.69, 9.17) is 11.6 Å². The van der Waals surface area contributed by atoms with Gasteiger partial charge >= 0.3 is 0 Å². The van der Waals surface area contributed by atoms with Crippen molar-refractivity contribution in [3.8, 4) is 0 Å². The zero-order valence-corrected chi connectivity index (χ0v) is 13.6. The Hall–Kier alpha value is -0.870. The zero-order valence-electron chi connectivity index (χ0n) is 11.2. The van der Waals surface area contributed by atoms with Gasteiger partial charge in [-0.3, -0.25) is 0 Å². The van der Waals surface area contributed by atoms with Crippen molar-refractivity contribution in [1.29, 1.82) is 0 Å². The normalized spacial score (nSPS) is 12.9. The van der Waals surface area contributed by atoms with Crippen molar-refractivity contribution in [2.75, 3.05) is 0 Å². The summed E-state index contributed by atoms with van der Waals surface area (Å²) in [6, 6.07) is 13.1. The van der Waals surface area contributed by atoms with Gasteiger partial charge < -0.3 is 5.32 Å². The first kappa shape index (κ1) is 14.1. The van der Waals surface area contributed by atoms with E-state index in [1.165, 1.54) is 19.8 Å². The smallest absolute Gasteiger partial charge is 0.0636 e. The van der Waals surface area contributed by atoms with Gasteiger partial charge in [0.05, 0.1) is 5.02 Å². The van der Waals surface area contributed by atoms with Crippen LogP contribution in [0.3, 0.4) is 0 Å². The molecular weight excluding hydrogens is 306 g/mol. The molecule has 3 aromatic rings. The maximum Gasteiger partial charge on any atom is 0.0636 e. The van der Waals surface area contributed by atoms with Crippen molar-refractivity contribution < 1.29 is 0 Å². The molecule has 3 rings (SSSR count). The van der Waals surface area contributed by atoms with Gasteiger partial charge in [0.2, 0.25) is 0 Å². The van der Waals surface area contributed by atoms with E-state index in [1.54, 1.807) is 11.3 Å². The zero-order chi connectivity index (χ0) is 13.9. The molecule has 0 aliphatic heterocycles. The van der Waals surface area contributed by atoms with E-state index < -0.39 is 0 Å². The van der Waals surface area contributed by atoms with Crippen molar-refractivity contribution in [2.45, 2.75) is 25.9 Å². The second kappa shape index (κ2) is 6.27. The Balaban J connectivity index is 1.66. The SMILES string of the molecule is CC(Cc1cccs1)NCc1sc2ccccc2c1Cl. The van der Waals surface area contributed by atoms with Crippen LogP contribution in [0.1, 0.15) is 16.7 Å². The van der Waals surface area contributed by atoms with E-state index in [1.807, 2.05) is 17.4 Å². The summed E-state index contributed by atoms with van der Waals surface area (Å²) in [5, 5.41) is 7.77. The number of hydrogen-bond donors (Lipinski definition) is 1. The van der Waals surface area contributed by atoms with E-state index in [0.29, 0.717) is 6.04 Å². The summed E-state index contributed by atoms with van der Waals surface area (Å²) in [6.45, 7) is 3.06. The number of thiophene rings is 2. The van der Waals surface area contributed by atoms with Gasteiger partial charge in [-0.2, -0.15) is 0 Å². The lowest BCUT2D eigenvalue weighted by molar-refractivity contribution is 0.552. The van der Waals surface area contributed by atoms with E-state index in [0.717, 1.165) is 18.0 Å². The summed E-state index contributed by atoms with van der Waals surface area (Å²) in [5.74, 6) is 0. The molecule has 0 aliphatic rings. The molecule has 0 aliphatic carbocycles. The lowest BCUT2D eigenvalue weighted by atomic mass is 10.2. The number of rotatable bonds is 5. The Kier molecular flexibility index (Phi) is 4.41. The fourth-order valence-electron chi connectivity index (χ4n) is 2.25. The van der Waals surface area contributed by atoms with Gasteiger partial charge in [-0.15, -0.1) is 22.7 Å². The van der Waals surface area contributed by atoms with Crippen LogP contribution in [0.25, 0.3) is 10.1 Å². The second-order valence-corrected chi connectivity index (χ2v) is 7.45. The molecule has 1 aromatic carbocycles. The molecule has 2 aromatic heterocycles. The highest BCUT2D eigenvalue weighted by Gasteiger charge is 2.11. The molecule has 20 heavy (non-hydrogen) atoms. The van der Waals surface area contributed by atoms with Crippen LogP contribution in [0.2, 0.25) is 5.02 Å². The summed E-state index contributed by atoms with van der Waals surface area (Å²) in [7, 11) is 0. The first-order valence-electron chi connectivity index (χ1n) is 6.65. The van der Waals surface area contributed by atoms with Crippen molar-refractivity contribution in [3.05, 3.63) is 56.6 Å². The van der Waals surface area contributed by atoms with Crippen molar-refractivity contribution >= 4 is 44.4 Å². The van der Waals surface area contributed by atoms with Crippen LogP contribution in [0, 0.1) is 0 Å².